The van der Waals surface area contributed by atoms with Crippen LogP contribution in [0.1, 0.15) is 51.9 Å². The molecule has 7 nitrogen and oxygen atoms in total. The highest BCUT2D eigenvalue weighted by Crippen LogP contribution is 2.17. The molecule has 1 unspecified atom stereocenters. The Kier molecular flexibility index (Phi) is 12.8. The normalized spacial score (nSPS) is 11.8. The Labute approximate surface area is 144 Å². The summed E-state index contributed by atoms with van der Waals surface area (Å²) in [5.41, 5.74) is 0. The van der Waals surface area contributed by atoms with Gasteiger partial charge in [-0.2, -0.15) is 0 Å². The number of hydrogen-bond donors (Lipinski definition) is 1. The quantitative estimate of drug-likeness (QED) is 0.383. The minimum atomic E-state index is -1.04. The van der Waals surface area contributed by atoms with Crippen LogP contribution in [0.15, 0.2) is 0 Å². The molecule has 0 aliphatic carbocycles. The van der Waals surface area contributed by atoms with Crippen molar-refractivity contribution in [2.24, 2.45) is 5.92 Å². The topological polar surface area (TPSA) is 93.1 Å². The van der Waals surface area contributed by atoms with E-state index in [-0.39, 0.29) is 25.2 Å². The third-order valence-electron chi connectivity index (χ3n) is 3.81. The molecule has 0 saturated heterocycles. The number of amides is 1. The van der Waals surface area contributed by atoms with Crippen molar-refractivity contribution in [2.45, 2.75) is 51.9 Å². The number of carbonyl (C=O) groups is 3. The highest BCUT2D eigenvalue weighted by Gasteiger charge is 2.27. The van der Waals surface area contributed by atoms with Gasteiger partial charge in [-0.3, -0.25) is 14.4 Å². The Hall–Kier alpha value is -1.63. The summed E-state index contributed by atoms with van der Waals surface area (Å²) in [4.78, 5) is 36.8. The molecule has 0 aromatic heterocycles. The van der Waals surface area contributed by atoms with Crippen LogP contribution in [0.25, 0.3) is 0 Å². The summed E-state index contributed by atoms with van der Waals surface area (Å²) in [7, 11) is 2.88. The summed E-state index contributed by atoms with van der Waals surface area (Å²) in [6.07, 6.45) is 3.59. The van der Waals surface area contributed by atoms with Crippen molar-refractivity contribution < 1.29 is 29.0 Å². The van der Waals surface area contributed by atoms with Crippen LogP contribution in [-0.4, -0.2) is 61.8 Å². The van der Waals surface area contributed by atoms with Gasteiger partial charge in [0, 0.05) is 39.1 Å². The van der Waals surface area contributed by atoms with Crippen LogP contribution < -0.4 is 0 Å². The van der Waals surface area contributed by atoms with E-state index in [9.17, 15) is 14.4 Å². The maximum atomic E-state index is 12.7. The lowest BCUT2D eigenvalue weighted by atomic mass is 9.97. The fourth-order valence-electron chi connectivity index (χ4n) is 2.46. The smallest absolute Gasteiger partial charge is 0.305 e. The predicted molar refractivity (Wildman–Crippen MR) is 89.6 cm³/mol. The highest BCUT2D eigenvalue weighted by molar-refractivity contribution is 5.83. The minimum absolute atomic E-state index is 0.0427. The van der Waals surface area contributed by atoms with Crippen LogP contribution in [0, 0.1) is 5.92 Å². The first-order valence-electron chi connectivity index (χ1n) is 8.52. The fraction of sp³-hybridized carbons (Fsp3) is 0.824. The van der Waals surface area contributed by atoms with Gasteiger partial charge in [-0.05, 0) is 19.3 Å². The van der Waals surface area contributed by atoms with Crippen molar-refractivity contribution >= 4 is 17.8 Å². The summed E-state index contributed by atoms with van der Waals surface area (Å²) in [5, 5.41) is 9.06. The number of hydrogen-bond acceptors (Lipinski definition) is 5. The Balaban J connectivity index is 4.85. The number of esters is 1. The molecule has 0 saturated carbocycles. The molecular weight excluding hydrogens is 314 g/mol. The number of aliphatic carboxylic acids is 1. The van der Waals surface area contributed by atoms with Gasteiger partial charge in [0.2, 0.25) is 5.91 Å². The molecule has 0 aliphatic heterocycles. The zero-order valence-corrected chi connectivity index (χ0v) is 15.1. The van der Waals surface area contributed by atoms with E-state index in [0.717, 1.165) is 19.3 Å². The van der Waals surface area contributed by atoms with Gasteiger partial charge in [0.05, 0.1) is 13.5 Å². The number of unbranched alkanes of at least 4 members (excludes halogenated alkanes) is 2. The van der Waals surface area contributed by atoms with Crippen LogP contribution in [0.2, 0.25) is 0 Å². The predicted octanol–water partition coefficient (Wildman–Crippen LogP) is 2.09. The van der Waals surface area contributed by atoms with E-state index in [1.54, 1.807) is 12.0 Å². The van der Waals surface area contributed by atoms with Gasteiger partial charge >= 0.3 is 11.9 Å². The number of carboxylic acid groups (broad SMARTS) is 1. The minimum Gasteiger partial charge on any atom is -0.481 e. The van der Waals surface area contributed by atoms with E-state index >= 15 is 0 Å². The molecule has 1 N–H and O–H groups in total. The average Bonchev–Trinajstić information content (AvgIpc) is 2.56. The molecule has 0 radical (unpaired) electrons. The number of rotatable bonds is 14. The lowest BCUT2D eigenvalue weighted by Crippen LogP contribution is -2.39. The third-order valence-corrected chi connectivity index (χ3v) is 3.81. The van der Waals surface area contributed by atoms with Crippen molar-refractivity contribution in [3.63, 3.8) is 0 Å². The van der Waals surface area contributed by atoms with Gasteiger partial charge < -0.3 is 19.5 Å². The van der Waals surface area contributed by atoms with Crippen molar-refractivity contribution in [3.8, 4) is 0 Å². The van der Waals surface area contributed by atoms with Gasteiger partial charge in [-0.25, -0.2) is 0 Å². The average molecular weight is 345 g/mol. The fourth-order valence-corrected chi connectivity index (χ4v) is 2.46. The highest BCUT2D eigenvalue weighted by atomic mass is 16.5. The van der Waals surface area contributed by atoms with E-state index in [1.807, 2.05) is 0 Å². The Bertz CT molecular complexity index is 375. The first-order chi connectivity index (χ1) is 11.5. The second-order valence-corrected chi connectivity index (χ2v) is 5.79. The standard InChI is InChI=1S/C17H31NO6/c1-4-5-6-10-18(11-7-12-23-2)17(22)14(13-15(19)20)8-9-16(21)24-3/h14H,4-13H2,1-3H3,(H,19,20). The molecule has 1 atom stereocenters. The van der Waals surface area contributed by atoms with Crippen molar-refractivity contribution in [2.75, 3.05) is 33.9 Å². The molecule has 0 fully saturated rings. The molecule has 0 aromatic rings. The van der Waals surface area contributed by atoms with Crippen LogP contribution >= 0.6 is 0 Å². The zero-order valence-electron chi connectivity index (χ0n) is 15.1. The number of nitrogens with zero attached hydrogens (tertiary/aromatic N) is 1. The van der Waals surface area contributed by atoms with Crippen molar-refractivity contribution in [1.82, 2.24) is 4.90 Å². The zero-order chi connectivity index (χ0) is 18.4. The molecule has 0 aromatic carbocycles. The second kappa shape index (κ2) is 13.8. The maximum absolute atomic E-state index is 12.7. The Morgan fingerprint density at radius 2 is 1.75 bits per heavy atom. The maximum Gasteiger partial charge on any atom is 0.305 e. The molecule has 0 bridgehead atoms. The molecule has 7 heteroatoms. The van der Waals surface area contributed by atoms with E-state index in [1.165, 1.54) is 7.11 Å². The Morgan fingerprint density at radius 1 is 1.08 bits per heavy atom. The molecule has 24 heavy (non-hydrogen) atoms. The second-order valence-electron chi connectivity index (χ2n) is 5.79. The van der Waals surface area contributed by atoms with E-state index in [0.29, 0.717) is 26.1 Å². The van der Waals surface area contributed by atoms with Gasteiger partial charge in [0.15, 0.2) is 0 Å². The Morgan fingerprint density at radius 3 is 2.29 bits per heavy atom. The third kappa shape index (κ3) is 10.2. The summed E-state index contributed by atoms with van der Waals surface area (Å²) < 4.78 is 9.60. The molecule has 0 aliphatic rings. The van der Waals surface area contributed by atoms with Gasteiger partial charge in [0.1, 0.15) is 0 Å². The number of carbonyl (C=O) groups excluding carboxylic acids is 2. The van der Waals surface area contributed by atoms with E-state index < -0.39 is 17.9 Å². The molecular formula is C17H31NO6. The van der Waals surface area contributed by atoms with E-state index in [4.69, 9.17) is 9.84 Å². The molecule has 140 valence electrons. The molecule has 0 spiro atoms. The number of methoxy groups -OCH3 is 2. The van der Waals surface area contributed by atoms with Gasteiger partial charge in [0.25, 0.3) is 0 Å². The SMILES string of the molecule is CCCCCN(CCCOC)C(=O)C(CCC(=O)OC)CC(=O)O. The monoisotopic (exact) mass is 345 g/mol. The lowest BCUT2D eigenvalue weighted by Gasteiger charge is -2.27. The van der Waals surface area contributed by atoms with Gasteiger partial charge in [-0.15, -0.1) is 0 Å². The van der Waals surface area contributed by atoms with Crippen molar-refractivity contribution in [3.05, 3.63) is 0 Å². The van der Waals surface area contributed by atoms with Crippen LogP contribution in [0.5, 0.6) is 0 Å². The van der Waals surface area contributed by atoms with Crippen LogP contribution in [0.3, 0.4) is 0 Å². The first-order valence-corrected chi connectivity index (χ1v) is 8.52. The number of carboxylic acids is 1. The summed E-state index contributed by atoms with van der Waals surface area (Å²) >= 11 is 0. The molecule has 1 amide bonds. The molecule has 0 heterocycles. The van der Waals surface area contributed by atoms with Gasteiger partial charge in [-0.1, -0.05) is 19.8 Å². The summed E-state index contributed by atoms with van der Waals surface area (Å²) in [6.45, 7) is 3.76. The first kappa shape index (κ1) is 22.4. The van der Waals surface area contributed by atoms with Crippen molar-refractivity contribution in [1.29, 1.82) is 0 Å². The largest absolute Gasteiger partial charge is 0.481 e. The lowest BCUT2D eigenvalue weighted by molar-refractivity contribution is -0.146. The summed E-state index contributed by atoms with van der Waals surface area (Å²) in [6, 6.07) is 0. The summed E-state index contributed by atoms with van der Waals surface area (Å²) in [5.74, 6) is -2.38. The molecule has 0 rings (SSSR count). The van der Waals surface area contributed by atoms with E-state index in [2.05, 4.69) is 11.7 Å². The van der Waals surface area contributed by atoms with Crippen LogP contribution in [0.4, 0.5) is 0 Å². The number of ether oxygens (including phenoxy) is 2. The van der Waals surface area contributed by atoms with Crippen LogP contribution in [-0.2, 0) is 23.9 Å².